The Bertz CT molecular complexity index is 1080. The Hall–Kier alpha value is -4.00. The van der Waals surface area contributed by atoms with Crippen molar-refractivity contribution in [2.75, 3.05) is 0 Å². The van der Waals surface area contributed by atoms with Gasteiger partial charge in [-0.25, -0.2) is 9.78 Å². The van der Waals surface area contributed by atoms with Crippen LogP contribution in [0.15, 0.2) is 77.3 Å². The Labute approximate surface area is 153 Å². The molecule has 0 spiro atoms. The highest BCUT2D eigenvalue weighted by Gasteiger charge is 2.11. The van der Waals surface area contributed by atoms with Gasteiger partial charge in [-0.3, -0.25) is 0 Å². The molecule has 0 aliphatic rings. The smallest absolute Gasteiger partial charge is 0.354 e. The predicted octanol–water partition coefficient (Wildman–Crippen LogP) is 4.29. The van der Waals surface area contributed by atoms with Crippen molar-refractivity contribution in [2.45, 2.75) is 0 Å². The molecule has 0 amide bonds. The van der Waals surface area contributed by atoms with Crippen LogP contribution in [-0.4, -0.2) is 26.3 Å². The van der Waals surface area contributed by atoms with Crippen molar-refractivity contribution in [2.24, 2.45) is 0 Å². The lowest BCUT2D eigenvalue weighted by molar-refractivity contribution is 0.0690. The first-order chi connectivity index (χ1) is 13.2. The van der Waals surface area contributed by atoms with Crippen molar-refractivity contribution < 1.29 is 19.1 Å². The Balaban J connectivity index is 1.52. The van der Waals surface area contributed by atoms with E-state index in [1.165, 1.54) is 12.3 Å². The van der Waals surface area contributed by atoms with Crippen LogP contribution < -0.4 is 4.74 Å². The number of aromatic carboxylic acids is 1. The first kappa shape index (κ1) is 16.5. The Kier molecular flexibility index (Phi) is 4.32. The van der Waals surface area contributed by atoms with Crippen LogP contribution >= 0.6 is 0 Å². The summed E-state index contributed by atoms with van der Waals surface area (Å²) in [5, 5.41) is 17.1. The number of hydrogen-bond donors (Lipinski definition) is 1. The SMILES string of the molecule is O=C(O)c1cc(Oc2ccc(-c3nnc(-c4ccccc4)o3)cc2)ccn1. The van der Waals surface area contributed by atoms with Gasteiger partial charge in [-0.05, 0) is 42.5 Å². The molecule has 0 saturated heterocycles. The summed E-state index contributed by atoms with van der Waals surface area (Å²) in [4.78, 5) is 14.7. The average molecular weight is 359 g/mol. The Morgan fingerprint density at radius 2 is 1.52 bits per heavy atom. The first-order valence-electron chi connectivity index (χ1n) is 8.05. The molecule has 4 rings (SSSR count). The number of carboxylic acids is 1. The third-order valence-electron chi connectivity index (χ3n) is 3.73. The zero-order valence-electron chi connectivity index (χ0n) is 13.9. The molecule has 2 aromatic carbocycles. The molecule has 0 fully saturated rings. The summed E-state index contributed by atoms with van der Waals surface area (Å²) in [5.41, 5.74) is 1.52. The van der Waals surface area contributed by atoms with Gasteiger partial charge in [-0.2, -0.15) is 0 Å². The minimum absolute atomic E-state index is 0.0802. The molecule has 7 nitrogen and oxygen atoms in total. The van der Waals surface area contributed by atoms with E-state index in [1.807, 2.05) is 30.3 Å². The number of carboxylic acid groups (broad SMARTS) is 1. The number of rotatable bonds is 5. The molecule has 4 aromatic rings. The van der Waals surface area contributed by atoms with E-state index in [-0.39, 0.29) is 5.69 Å². The maximum absolute atomic E-state index is 11.0. The number of pyridine rings is 1. The number of ether oxygens (including phenoxy) is 1. The molecule has 27 heavy (non-hydrogen) atoms. The van der Waals surface area contributed by atoms with Crippen molar-refractivity contribution in [3.05, 3.63) is 78.6 Å². The van der Waals surface area contributed by atoms with Crippen LogP contribution in [-0.2, 0) is 0 Å². The molecule has 0 bridgehead atoms. The summed E-state index contributed by atoms with van der Waals surface area (Å²) >= 11 is 0. The van der Waals surface area contributed by atoms with Gasteiger partial charge in [0.2, 0.25) is 11.8 Å². The van der Waals surface area contributed by atoms with Crippen LogP contribution in [0.1, 0.15) is 10.5 Å². The molecule has 0 atom stereocenters. The third-order valence-corrected chi connectivity index (χ3v) is 3.73. The van der Waals surface area contributed by atoms with Crippen LogP contribution in [0.2, 0.25) is 0 Å². The summed E-state index contributed by atoms with van der Waals surface area (Å²) in [6, 6.07) is 19.5. The van der Waals surface area contributed by atoms with E-state index < -0.39 is 5.97 Å². The second-order valence-corrected chi connectivity index (χ2v) is 5.59. The van der Waals surface area contributed by atoms with Gasteiger partial charge < -0.3 is 14.3 Å². The highest BCUT2D eigenvalue weighted by Crippen LogP contribution is 2.27. The number of aromatic nitrogens is 3. The predicted molar refractivity (Wildman–Crippen MR) is 96.4 cm³/mol. The van der Waals surface area contributed by atoms with Crippen molar-refractivity contribution in [1.82, 2.24) is 15.2 Å². The summed E-state index contributed by atoms with van der Waals surface area (Å²) in [7, 11) is 0. The molecule has 0 unspecified atom stereocenters. The molecule has 0 aliphatic heterocycles. The van der Waals surface area contributed by atoms with Crippen molar-refractivity contribution in [1.29, 1.82) is 0 Å². The second kappa shape index (κ2) is 7.09. The fraction of sp³-hybridized carbons (Fsp3) is 0. The molecule has 0 radical (unpaired) electrons. The van der Waals surface area contributed by atoms with Gasteiger partial charge in [0, 0.05) is 23.4 Å². The summed E-state index contributed by atoms with van der Waals surface area (Å²) in [6.45, 7) is 0. The molecule has 0 saturated carbocycles. The molecular weight excluding hydrogens is 346 g/mol. The third kappa shape index (κ3) is 3.67. The van der Waals surface area contributed by atoms with Gasteiger partial charge in [0.1, 0.15) is 11.5 Å². The quantitative estimate of drug-likeness (QED) is 0.567. The van der Waals surface area contributed by atoms with Crippen LogP contribution in [0.5, 0.6) is 11.5 Å². The first-order valence-corrected chi connectivity index (χ1v) is 8.05. The molecule has 0 aliphatic carbocycles. The fourth-order valence-corrected chi connectivity index (χ4v) is 2.43. The highest BCUT2D eigenvalue weighted by atomic mass is 16.5. The molecule has 2 heterocycles. The van der Waals surface area contributed by atoms with E-state index >= 15 is 0 Å². The molecule has 132 valence electrons. The number of benzene rings is 2. The van der Waals surface area contributed by atoms with Gasteiger partial charge in [0.05, 0.1) is 0 Å². The van der Waals surface area contributed by atoms with Crippen molar-refractivity contribution in [3.63, 3.8) is 0 Å². The van der Waals surface area contributed by atoms with E-state index in [2.05, 4.69) is 15.2 Å². The normalized spacial score (nSPS) is 10.5. The topological polar surface area (TPSA) is 98.3 Å². The zero-order chi connectivity index (χ0) is 18.6. The second-order valence-electron chi connectivity index (χ2n) is 5.59. The lowest BCUT2D eigenvalue weighted by Crippen LogP contribution is -1.99. The zero-order valence-corrected chi connectivity index (χ0v) is 13.9. The highest BCUT2D eigenvalue weighted by molar-refractivity contribution is 5.85. The maximum Gasteiger partial charge on any atom is 0.354 e. The number of carbonyl (C=O) groups is 1. The van der Waals surface area contributed by atoms with Gasteiger partial charge in [0.15, 0.2) is 5.69 Å². The fourth-order valence-electron chi connectivity index (χ4n) is 2.43. The van der Waals surface area contributed by atoms with Gasteiger partial charge in [-0.1, -0.05) is 18.2 Å². The summed E-state index contributed by atoms with van der Waals surface area (Å²) < 4.78 is 11.4. The molecule has 2 aromatic heterocycles. The van der Waals surface area contributed by atoms with Gasteiger partial charge >= 0.3 is 5.97 Å². The minimum atomic E-state index is -1.11. The van der Waals surface area contributed by atoms with E-state index in [9.17, 15) is 4.79 Å². The van der Waals surface area contributed by atoms with E-state index in [1.54, 1.807) is 30.3 Å². The van der Waals surface area contributed by atoms with Crippen molar-refractivity contribution >= 4 is 5.97 Å². The standard InChI is InChI=1S/C20H13N3O4/c24-20(25)17-12-16(10-11-21-17)26-15-8-6-14(7-9-15)19-23-22-18(27-19)13-4-2-1-3-5-13/h1-12H,(H,24,25). The van der Waals surface area contributed by atoms with E-state index in [0.717, 1.165) is 11.1 Å². The van der Waals surface area contributed by atoms with Crippen LogP contribution in [0.3, 0.4) is 0 Å². The lowest BCUT2D eigenvalue weighted by atomic mass is 10.2. The minimum Gasteiger partial charge on any atom is -0.477 e. The van der Waals surface area contributed by atoms with Gasteiger partial charge in [0.25, 0.3) is 0 Å². The molecule has 7 heteroatoms. The van der Waals surface area contributed by atoms with Gasteiger partial charge in [-0.15, -0.1) is 10.2 Å². The average Bonchev–Trinajstić information content (AvgIpc) is 3.20. The van der Waals surface area contributed by atoms with E-state index in [4.69, 9.17) is 14.3 Å². The molecular formula is C20H13N3O4. The number of nitrogens with zero attached hydrogens (tertiary/aromatic N) is 3. The lowest BCUT2D eigenvalue weighted by Gasteiger charge is -2.06. The summed E-state index contributed by atoms with van der Waals surface area (Å²) in [6.07, 6.45) is 1.39. The van der Waals surface area contributed by atoms with Crippen LogP contribution in [0.25, 0.3) is 22.9 Å². The summed E-state index contributed by atoms with van der Waals surface area (Å²) in [5.74, 6) is 0.672. The number of hydrogen-bond acceptors (Lipinski definition) is 6. The Morgan fingerprint density at radius 1 is 0.852 bits per heavy atom. The van der Waals surface area contributed by atoms with Crippen LogP contribution in [0.4, 0.5) is 0 Å². The largest absolute Gasteiger partial charge is 0.477 e. The molecule has 1 N–H and O–H groups in total. The van der Waals surface area contributed by atoms with Crippen LogP contribution in [0, 0.1) is 0 Å². The monoisotopic (exact) mass is 359 g/mol. The van der Waals surface area contributed by atoms with E-state index in [0.29, 0.717) is 23.3 Å². The maximum atomic E-state index is 11.0. The Morgan fingerprint density at radius 3 is 2.19 bits per heavy atom. The van der Waals surface area contributed by atoms with Crippen molar-refractivity contribution in [3.8, 4) is 34.4 Å².